The number of rotatable bonds is 1. The van der Waals surface area contributed by atoms with Crippen LogP contribution in [-0.2, 0) is 9.53 Å². The number of hydrogen-bond acceptors (Lipinski definition) is 2. The number of ether oxygens (including phenoxy) is 1. The molecule has 0 saturated heterocycles. The lowest BCUT2D eigenvalue weighted by Gasteiger charge is -2.14. The van der Waals surface area contributed by atoms with E-state index in [1.807, 2.05) is 0 Å². The quantitative estimate of drug-likeness (QED) is 0.511. The fourth-order valence-corrected chi connectivity index (χ4v) is 3.83. The third-order valence-electron chi connectivity index (χ3n) is 3.31. The number of carbonyl (C=O) groups excluding carboxylic acids is 1. The number of hydrogen-bond donors (Lipinski definition) is 0. The largest absolute Gasteiger partial charge is 0.469 e. The van der Waals surface area contributed by atoms with Crippen molar-refractivity contribution in [2.75, 3.05) is 7.11 Å². The Morgan fingerprint density at radius 3 is 2.67 bits per heavy atom. The number of alkyl halides is 1. The molecule has 2 fully saturated rings. The van der Waals surface area contributed by atoms with Gasteiger partial charge >= 0.3 is 5.97 Å². The van der Waals surface area contributed by atoms with Gasteiger partial charge in [-0.05, 0) is 31.1 Å². The molecule has 0 aliphatic heterocycles. The summed E-state index contributed by atoms with van der Waals surface area (Å²) in [6, 6.07) is 0. The third-order valence-corrected chi connectivity index (χ3v) is 4.36. The zero-order valence-corrected chi connectivity index (χ0v) is 8.71. The van der Waals surface area contributed by atoms with E-state index in [9.17, 15) is 4.79 Å². The van der Waals surface area contributed by atoms with Gasteiger partial charge in [-0.1, -0.05) is 15.9 Å². The van der Waals surface area contributed by atoms with Gasteiger partial charge in [0, 0.05) is 4.83 Å². The van der Waals surface area contributed by atoms with E-state index in [0.29, 0.717) is 16.7 Å². The predicted octanol–water partition coefficient (Wildman–Crippen LogP) is 1.97. The van der Waals surface area contributed by atoms with E-state index in [-0.39, 0.29) is 11.9 Å². The molecule has 0 aromatic heterocycles. The van der Waals surface area contributed by atoms with E-state index >= 15 is 0 Å². The van der Waals surface area contributed by atoms with Gasteiger partial charge in [0.1, 0.15) is 0 Å². The molecule has 2 saturated carbocycles. The van der Waals surface area contributed by atoms with Gasteiger partial charge in [0.2, 0.25) is 0 Å². The fraction of sp³-hybridized carbons (Fsp3) is 0.889. The average molecular weight is 233 g/mol. The molecule has 2 aliphatic rings. The summed E-state index contributed by atoms with van der Waals surface area (Å²) in [7, 11) is 1.49. The summed E-state index contributed by atoms with van der Waals surface area (Å²) in [6.45, 7) is 0. The van der Waals surface area contributed by atoms with Crippen LogP contribution in [-0.4, -0.2) is 17.9 Å². The lowest BCUT2D eigenvalue weighted by atomic mass is 9.98. The van der Waals surface area contributed by atoms with Crippen LogP contribution in [0, 0.1) is 17.8 Å². The number of esters is 1. The minimum Gasteiger partial charge on any atom is -0.469 e. The second kappa shape index (κ2) is 3.02. The monoisotopic (exact) mass is 232 g/mol. The van der Waals surface area contributed by atoms with Crippen LogP contribution in [0.15, 0.2) is 0 Å². The molecule has 0 amide bonds. The molecule has 2 bridgehead atoms. The zero-order valence-electron chi connectivity index (χ0n) is 7.13. The molecule has 0 spiro atoms. The number of carbonyl (C=O) groups is 1. The summed E-state index contributed by atoms with van der Waals surface area (Å²) in [5, 5.41) is 0. The summed E-state index contributed by atoms with van der Waals surface area (Å²) >= 11 is 3.63. The molecule has 3 heteroatoms. The minimum absolute atomic E-state index is 0.00412. The maximum Gasteiger partial charge on any atom is 0.309 e. The average Bonchev–Trinajstić information content (AvgIpc) is 2.59. The summed E-state index contributed by atoms with van der Waals surface area (Å²) in [5.74, 6) is 1.33. The second-order valence-electron chi connectivity index (χ2n) is 3.80. The summed E-state index contributed by atoms with van der Waals surface area (Å²) in [5.41, 5.74) is 0. The number of methoxy groups -OCH3 is 1. The van der Waals surface area contributed by atoms with E-state index < -0.39 is 0 Å². The molecule has 2 rings (SSSR count). The normalized spacial score (nSPS) is 44.8. The summed E-state index contributed by atoms with van der Waals surface area (Å²) < 4.78 is 4.80. The van der Waals surface area contributed by atoms with E-state index in [4.69, 9.17) is 4.74 Å². The molecule has 2 nitrogen and oxygen atoms in total. The van der Waals surface area contributed by atoms with Crippen molar-refractivity contribution >= 4 is 21.9 Å². The molecular weight excluding hydrogens is 220 g/mol. The molecule has 68 valence electrons. The molecular formula is C9H13BrO2. The first-order valence-corrected chi connectivity index (χ1v) is 5.37. The van der Waals surface area contributed by atoms with Crippen molar-refractivity contribution in [3.63, 3.8) is 0 Å². The van der Waals surface area contributed by atoms with Gasteiger partial charge in [0.25, 0.3) is 0 Å². The first-order chi connectivity index (χ1) is 5.74. The van der Waals surface area contributed by atoms with Crippen LogP contribution in [0.2, 0.25) is 0 Å². The molecule has 0 radical (unpaired) electrons. The smallest absolute Gasteiger partial charge is 0.309 e. The van der Waals surface area contributed by atoms with Crippen molar-refractivity contribution in [3.8, 4) is 0 Å². The number of fused-ring (bicyclic) bond motifs is 2. The molecule has 0 unspecified atom stereocenters. The minimum atomic E-state index is 0.00412. The Bertz CT molecular complexity index is 205. The maximum atomic E-state index is 11.4. The van der Waals surface area contributed by atoms with Crippen molar-refractivity contribution < 1.29 is 9.53 Å². The Balaban J connectivity index is 2.13. The van der Waals surface area contributed by atoms with Crippen LogP contribution in [0.5, 0.6) is 0 Å². The lowest BCUT2D eigenvalue weighted by Crippen LogP contribution is -2.21. The van der Waals surface area contributed by atoms with Crippen LogP contribution in [0.25, 0.3) is 0 Å². The molecule has 2 aliphatic carbocycles. The van der Waals surface area contributed by atoms with Gasteiger partial charge in [-0.15, -0.1) is 0 Å². The summed E-state index contributed by atoms with van der Waals surface area (Å²) in [4.78, 5) is 11.9. The van der Waals surface area contributed by atoms with Crippen LogP contribution in [0.1, 0.15) is 19.3 Å². The second-order valence-corrected chi connectivity index (χ2v) is 4.98. The Kier molecular flexibility index (Phi) is 2.15. The molecule has 4 atom stereocenters. The highest BCUT2D eigenvalue weighted by atomic mass is 79.9. The van der Waals surface area contributed by atoms with E-state index in [1.165, 1.54) is 20.0 Å². The third kappa shape index (κ3) is 1.10. The van der Waals surface area contributed by atoms with E-state index in [1.54, 1.807) is 0 Å². The Morgan fingerprint density at radius 2 is 2.25 bits per heavy atom. The van der Waals surface area contributed by atoms with Gasteiger partial charge in [-0.25, -0.2) is 0 Å². The molecule has 12 heavy (non-hydrogen) atoms. The molecule has 0 aromatic rings. The van der Waals surface area contributed by atoms with Crippen molar-refractivity contribution in [2.45, 2.75) is 24.1 Å². The highest BCUT2D eigenvalue weighted by Gasteiger charge is 2.50. The standard InChI is InChI=1S/C9H13BrO2/c1-12-9(11)8-5-2-3-6(8)7(10)4-5/h5-8H,2-4H2,1H3/t5-,6+,7-,8-/m1/s1. The van der Waals surface area contributed by atoms with Crippen LogP contribution < -0.4 is 0 Å². The maximum absolute atomic E-state index is 11.4. The number of halogens is 1. The van der Waals surface area contributed by atoms with Crippen LogP contribution in [0.3, 0.4) is 0 Å². The highest BCUT2D eigenvalue weighted by Crippen LogP contribution is 2.52. The first-order valence-electron chi connectivity index (χ1n) is 4.46. The molecule has 0 heterocycles. The fourth-order valence-electron chi connectivity index (χ4n) is 2.75. The Morgan fingerprint density at radius 1 is 1.50 bits per heavy atom. The SMILES string of the molecule is COC(=O)[C@@H]1[C@@H]2CC[C@H]1[C@H](Br)C2. The topological polar surface area (TPSA) is 26.3 Å². The molecule has 0 N–H and O–H groups in total. The van der Waals surface area contributed by atoms with Crippen molar-refractivity contribution in [1.29, 1.82) is 0 Å². The first kappa shape index (κ1) is 8.54. The van der Waals surface area contributed by atoms with Gasteiger partial charge in [0.05, 0.1) is 13.0 Å². The lowest BCUT2D eigenvalue weighted by molar-refractivity contribution is -0.147. The van der Waals surface area contributed by atoms with E-state index in [2.05, 4.69) is 15.9 Å². The Hall–Kier alpha value is -0.0500. The van der Waals surface area contributed by atoms with Crippen LogP contribution >= 0.6 is 15.9 Å². The highest BCUT2D eigenvalue weighted by molar-refractivity contribution is 9.09. The molecule has 0 aromatic carbocycles. The van der Waals surface area contributed by atoms with Gasteiger partial charge < -0.3 is 4.74 Å². The van der Waals surface area contributed by atoms with Crippen molar-refractivity contribution in [2.24, 2.45) is 17.8 Å². The van der Waals surface area contributed by atoms with Gasteiger partial charge in [-0.2, -0.15) is 0 Å². The van der Waals surface area contributed by atoms with Gasteiger partial charge in [0.15, 0.2) is 0 Å². The van der Waals surface area contributed by atoms with E-state index in [0.717, 1.165) is 6.42 Å². The van der Waals surface area contributed by atoms with Crippen molar-refractivity contribution in [3.05, 3.63) is 0 Å². The summed E-state index contributed by atoms with van der Waals surface area (Å²) in [6.07, 6.45) is 3.57. The van der Waals surface area contributed by atoms with Crippen LogP contribution in [0.4, 0.5) is 0 Å². The predicted molar refractivity (Wildman–Crippen MR) is 49.1 cm³/mol. The Labute approximate surface area is 80.8 Å². The van der Waals surface area contributed by atoms with Crippen molar-refractivity contribution in [1.82, 2.24) is 0 Å². The zero-order chi connectivity index (χ0) is 8.72. The van der Waals surface area contributed by atoms with Gasteiger partial charge in [-0.3, -0.25) is 4.79 Å².